The van der Waals surface area contributed by atoms with Crippen LogP contribution in [-0.4, -0.2) is 42.4 Å². The molecule has 0 saturated heterocycles. The Balaban J connectivity index is 2.79. The van der Waals surface area contributed by atoms with Gasteiger partial charge in [-0.15, -0.1) is 0 Å². The van der Waals surface area contributed by atoms with E-state index in [2.05, 4.69) is 37.9 Å². The summed E-state index contributed by atoms with van der Waals surface area (Å²) in [5.74, 6) is 1.46. The molecule has 110 valence electrons. The fourth-order valence-corrected chi connectivity index (χ4v) is 2.03. The maximum Gasteiger partial charge on any atom is 0.161 e. The summed E-state index contributed by atoms with van der Waals surface area (Å²) in [5.41, 5.74) is 7.34. The second kappa shape index (κ2) is 7.50. The summed E-state index contributed by atoms with van der Waals surface area (Å²) < 4.78 is 7.36. The van der Waals surface area contributed by atoms with E-state index in [-0.39, 0.29) is 6.04 Å². The van der Waals surface area contributed by atoms with E-state index in [1.165, 1.54) is 0 Å². The molecule has 0 fully saturated rings. The summed E-state index contributed by atoms with van der Waals surface area (Å²) in [4.78, 5) is 2.14. The van der Waals surface area contributed by atoms with Gasteiger partial charge in [0.15, 0.2) is 5.75 Å². The lowest BCUT2D eigenvalue weighted by atomic mass is 10.0. The molecule has 0 amide bonds. The van der Waals surface area contributed by atoms with Crippen LogP contribution in [0.1, 0.15) is 38.4 Å². The average Bonchev–Trinajstić information content (AvgIpc) is 2.76. The Bertz CT molecular complexity index is 374. The first-order valence-electron chi connectivity index (χ1n) is 6.95. The number of likely N-dealkylation sites (N-methyl/N-ethyl adjacent to an activating group) is 1. The largest absolute Gasteiger partial charge is 0.493 e. The molecule has 1 aromatic heterocycles. The van der Waals surface area contributed by atoms with Crippen LogP contribution in [0.25, 0.3) is 0 Å². The van der Waals surface area contributed by atoms with Gasteiger partial charge in [0, 0.05) is 6.54 Å². The van der Waals surface area contributed by atoms with Crippen LogP contribution in [0, 0.1) is 5.92 Å². The van der Waals surface area contributed by atoms with Crippen LogP contribution >= 0.6 is 0 Å². The van der Waals surface area contributed by atoms with Gasteiger partial charge in [0.25, 0.3) is 0 Å². The van der Waals surface area contributed by atoms with E-state index in [4.69, 9.17) is 10.5 Å². The normalized spacial score (nSPS) is 13.3. The first-order chi connectivity index (χ1) is 8.95. The summed E-state index contributed by atoms with van der Waals surface area (Å²) in [5, 5.41) is 4.39. The van der Waals surface area contributed by atoms with Gasteiger partial charge < -0.3 is 15.4 Å². The zero-order valence-electron chi connectivity index (χ0n) is 12.9. The van der Waals surface area contributed by atoms with Crippen LogP contribution in [0.3, 0.4) is 0 Å². The molecule has 0 aliphatic carbocycles. The topological polar surface area (TPSA) is 56.3 Å². The maximum atomic E-state index is 6.32. The van der Waals surface area contributed by atoms with E-state index in [0.29, 0.717) is 5.92 Å². The van der Waals surface area contributed by atoms with E-state index in [1.807, 2.05) is 4.68 Å². The van der Waals surface area contributed by atoms with E-state index < -0.39 is 0 Å². The minimum atomic E-state index is -0.0120. The van der Waals surface area contributed by atoms with Gasteiger partial charge in [0.1, 0.15) is 0 Å². The van der Waals surface area contributed by atoms with Gasteiger partial charge in [0.05, 0.1) is 31.6 Å². The summed E-state index contributed by atoms with van der Waals surface area (Å²) in [7, 11) is 5.78. The minimum absolute atomic E-state index is 0.0120. The third kappa shape index (κ3) is 4.84. The zero-order valence-corrected chi connectivity index (χ0v) is 12.9. The van der Waals surface area contributed by atoms with Crippen molar-refractivity contribution in [3.05, 3.63) is 11.9 Å². The Kier molecular flexibility index (Phi) is 6.31. The van der Waals surface area contributed by atoms with Gasteiger partial charge in [-0.2, -0.15) is 5.10 Å². The predicted molar refractivity (Wildman–Crippen MR) is 78.3 cm³/mol. The van der Waals surface area contributed by atoms with Crippen molar-refractivity contribution in [3.8, 4) is 5.75 Å². The van der Waals surface area contributed by atoms with Crippen molar-refractivity contribution in [1.29, 1.82) is 0 Å². The monoisotopic (exact) mass is 268 g/mol. The van der Waals surface area contributed by atoms with Crippen LogP contribution in [0.2, 0.25) is 0 Å². The highest BCUT2D eigenvalue weighted by atomic mass is 16.5. The number of methoxy groups -OCH3 is 1. The molecule has 0 aromatic carbocycles. The van der Waals surface area contributed by atoms with Gasteiger partial charge in [-0.1, -0.05) is 13.8 Å². The molecular formula is C14H28N4O. The molecular weight excluding hydrogens is 240 g/mol. The highest BCUT2D eigenvalue weighted by Gasteiger charge is 2.18. The Morgan fingerprint density at radius 3 is 2.58 bits per heavy atom. The van der Waals surface area contributed by atoms with Crippen molar-refractivity contribution in [2.75, 3.05) is 27.7 Å². The van der Waals surface area contributed by atoms with Crippen LogP contribution < -0.4 is 10.5 Å². The molecule has 0 saturated carbocycles. The smallest absolute Gasteiger partial charge is 0.161 e. The number of rotatable bonds is 8. The van der Waals surface area contributed by atoms with Crippen molar-refractivity contribution in [1.82, 2.24) is 14.7 Å². The number of ether oxygens (including phenoxy) is 1. The third-order valence-corrected chi connectivity index (χ3v) is 3.23. The van der Waals surface area contributed by atoms with E-state index in [1.54, 1.807) is 13.3 Å². The number of aromatic nitrogens is 2. The summed E-state index contributed by atoms with van der Waals surface area (Å²) in [6, 6.07) is -0.0120. The summed E-state index contributed by atoms with van der Waals surface area (Å²) in [6.45, 7) is 6.20. The Hall–Kier alpha value is -1.07. The first kappa shape index (κ1) is 16.0. The van der Waals surface area contributed by atoms with E-state index in [9.17, 15) is 0 Å². The third-order valence-electron chi connectivity index (χ3n) is 3.23. The van der Waals surface area contributed by atoms with Crippen molar-refractivity contribution < 1.29 is 4.74 Å². The minimum Gasteiger partial charge on any atom is -0.493 e. The molecule has 1 atom stereocenters. The van der Waals surface area contributed by atoms with Gasteiger partial charge in [-0.05, 0) is 32.9 Å². The van der Waals surface area contributed by atoms with Crippen LogP contribution in [0.15, 0.2) is 6.20 Å². The number of hydrogen-bond acceptors (Lipinski definition) is 4. The molecule has 2 N–H and O–H groups in total. The SMILES string of the molecule is COc1cnn(CCN(C)C)c1C(N)CCC(C)C. The first-order valence-corrected chi connectivity index (χ1v) is 6.95. The molecule has 5 nitrogen and oxygen atoms in total. The molecule has 1 aromatic rings. The van der Waals surface area contributed by atoms with E-state index in [0.717, 1.165) is 37.4 Å². The second-order valence-electron chi connectivity index (χ2n) is 5.70. The standard InChI is InChI=1S/C14H28N4O/c1-11(2)6-7-12(15)14-13(19-5)10-16-18(14)9-8-17(3)4/h10-12H,6-9,15H2,1-5H3. The van der Waals surface area contributed by atoms with Crippen LogP contribution in [0.5, 0.6) is 5.75 Å². The molecule has 0 spiro atoms. The lowest BCUT2D eigenvalue weighted by molar-refractivity contribution is 0.357. The van der Waals surface area contributed by atoms with Crippen molar-refractivity contribution >= 4 is 0 Å². The molecule has 0 bridgehead atoms. The molecule has 1 unspecified atom stereocenters. The zero-order chi connectivity index (χ0) is 14.4. The quantitative estimate of drug-likeness (QED) is 0.782. The highest BCUT2D eigenvalue weighted by Crippen LogP contribution is 2.27. The molecule has 1 rings (SSSR count). The molecule has 0 aliphatic heterocycles. The summed E-state index contributed by atoms with van der Waals surface area (Å²) in [6.07, 6.45) is 3.84. The van der Waals surface area contributed by atoms with Gasteiger partial charge in [-0.25, -0.2) is 0 Å². The van der Waals surface area contributed by atoms with Gasteiger partial charge in [0.2, 0.25) is 0 Å². The van der Waals surface area contributed by atoms with Crippen molar-refractivity contribution in [2.24, 2.45) is 11.7 Å². The van der Waals surface area contributed by atoms with Gasteiger partial charge in [-0.3, -0.25) is 4.68 Å². The molecule has 19 heavy (non-hydrogen) atoms. The van der Waals surface area contributed by atoms with Crippen LogP contribution in [-0.2, 0) is 6.54 Å². The molecule has 1 heterocycles. The van der Waals surface area contributed by atoms with E-state index >= 15 is 0 Å². The van der Waals surface area contributed by atoms with Crippen LogP contribution in [0.4, 0.5) is 0 Å². The number of nitrogens with two attached hydrogens (primary N) is 1. The Labute approximate surface area is 116 Å². The predicted octanol–water partition coefficient (Wildman–Crippen LogP) is 1.89. The Morgan fingerprint density at radius 2 is 2.05 bits per heavy atom. The molecule has 5 heteroatoms. The lowest BCUT2D eigenvalue weighted by Gasteiger charge is -2.18. The van der Waals surface area contributed by atoms with Gasteiger partial charge >= 0.3 is 0 Å². The fraction of sp³-hybridized carbons (Fsp3) is 0.786. The average molecular weight is 268 g/mol. The van der Waals surface area contributed by atoms with Crippen molar-refractivity contribution in [3.63, 3.8) is 0 Å². The molecule has 0 radical (unpaired) electrons. The maximum absolute atomic E-state index is 6.32. The second-order valence-corrected chi connectivity index (χ2v) is 5.70. The van der Waals surface area contributed by atoms with Crippen molar-refractivity contribution in [2.45, 2.75) is 39.3 Å². The number of nitrogens with zero attached hydrogens (tertiary/aromatic N) is 3. The lowest BCUT2D eigenvalue weighted by Crippen LogP contribution is -2.23. The molecule has 0 aliphatic rings. The number of hydrogen-bond donors (Lipinski definition) is 1. The summed E-state index contributed by atoms with van der Waals surface area (Å²) >= 11 is 0. The fourth-order valence-electron chi connectivity index (χ4n) is 2.03. The highest BCUT2D eigenvalue weighted by molar-refractivity contribution is 5.28. The Morgan fingerprint density at radius 1 is 1.37 bits per heavy atom.